The van der Waals surface area contributed by atoms with E-state index in [0.717, 1.165) is 16.7 Å². The minimum Gasteiger partial charge on any atom is -0.497 e. The zero-order valence-corrected chi connectivity index (χ0v) is 21.4. The van der Waals surface area contributed by atoms with Crippen molar-refractivity contribution >= 4 is 46.5 Å². The molecule has 0 fully saturated rings. The van der Waals surface area contributed by atoms with Crippen LogP contribution in [-0.2, 0) is 14.4 Å². The molecule has 0 saturated heterocycles. The van der Waals surface area contributed by atoms with Gasteiger partial charge in [-0.05, 0) is 72.6 Å². The third kappa shape index (κ3) is 6.18. The molecular formula is C28H26FN3O4S. The predicted molar refractivity (Wildman–Crippen MR) is 143 cm³/mol. The second-order valence-electron chi connectivity index (χ2n) is 8.76. The van der Waals surface area contributed by atoms with Crippen molar-refractivity contribution in [1.29, 1.82) is 0 Å². The maximum absolute atomic E-state index is 13.5. The molecule has 0 saturated carbocycles. The van der Waals surface area contributed by atoms with Crippen LogP contribution in [0.2, 0.25) is 0 Å². The van der Waals surface area contributed by atoms with Gasteiger partial charge in [0.1, 0.15) is 22.2 Å². The van der Waals surface area contributed by atoms with Crippen LogP contribution in [0, 0.1) is 11.7 Å². The number of hydrogen-bond donors (Lipinski definition) is 2. The van der Waals surface area contributed by atoms with E-state index in [9.17, 15) is 18.8 Å². The molecule has 7 nitrogen and oxygen atoms in total. The fourth-order valence-electron chi connectivity index (χ4n) is 3.70. The van der Waals surface area contributed by atoms with E-state index in [1.54, 1.807) is 48.5 Å². The molecule has 0 radical (unpaired) electrons. The van der Waals surface area contributed by atoms with Crippen LogP contribution >= 0.6 is 11.8 Å². The Kier molecular flexibility index (Phi) is 7.93. The molecule has 4 rings (SSSR count). The molecule has 2 N–H and O–H groups in total. The summed E-state index contributed by atoms with van der Waals surface area (Å²) in [4.78, 5) is 41.1. The number of nitrogens with one attached hydrogen (secondary N) is 2. The second-order valence-corrected chi connectivity index (χ2v) is 9.84. The van der Waals surface area contributed by atoms with E-state index in [1.807, 2.05) is 13.8 Å². The zero-order chi connectivity index (χ0) is 26.5. The zero-order valence-electron chi connectivity index (χ0n) is 20.6. The molecule has 3 aromatic carbocycles. The van der Waals surface area contributed by atoms with Gasteiger partial charge in [0.25, 0.3) is 11.8 Å². The van der Waals surface area contributed by atoms with E-state index in [1.165, 1.54) is 31.4 Å². The van der Waals surface area contributed by atoms with E-state index >= 15 is 0 Å². The SMILES string of the molecule is COc1ccc(N2C(=O)C(Nc3ccc(F)cc3)=C(Sc3cccc(NC(=O)CC(C)C)c3)C2=O)cc1. The van der Waals surface area contributed by atoms with Crippen LogP contribution in [0.3, 0.4) is 0 Å². The van der Waals surface area contributed by atoms with Crippen molar-refractivity contribution in [3.05, 3.63) is 89.2 Å². The highest BCUT2D eigenvalue weighted by molar-refractivity contribution is 8.04. The molecule has 0 unspecified atom stereocenters. The minimum absolute atomic E-state index is 0.0756. The summed E-state index contributed by atoms with van der Waals surface area (Å²) >= 11 is 1.11. The van der Waals surface area contributed by atoms with E-state index in [0.29, 0.717) is 34.1 Å². The highest BCUT2D eigenvalue weighted by Crippen LogP contribution is 2.38. The number of anilines is 3. The number of thioether (sulfide) groups is 1. The normalized spacial score (nSPS) is 13.4. The van der Waals surface area contributed by atoms with Crippen molar-refractivity contribution in [2.75, 3.05) is 22.6 Å². The standard InChI is InChI=1S/C28H26FN3O4S/c1-17(2)15-24(33)30-20-5-4-6-23(16-20)37-26-25(31-19-9-7-18(29)8-10-19)27(34)32(28(26)35)21-11-13-22(36-3)14-12-21/h4-14,16-17,31H,15H2,1-3H3,(H,30,33). The first-order valence-corrected chi connectivity index (χ1v) is 12.4. The summed E-state index contributed by atoms with van der Waals surface area (Å²) in [6.07, 6.45) is 0.387. The van der Waals surface area contributed by atoms with Crippen LogP contribution in [0.1, 0.15) is 20.3 Å². The maximum atomic E-state index is 13.5. The van der Waals surface area contributed by atoms with Gasteiger partial charge in [-0.3, -0.25) is 14.4 Å². The lowest BCUT2D eigenvalue weighted by Gasteiger charge is -2.15. The number of halogens is 1. The number of amides is 3. The van der Waals surface area contributed by atoms with Gasteiger partial charge in [0, 0.05) is 22.7 Å². The molecule has 1 heterocycles. The maximum Gasteiger partial charge on any atom is 0.283 e. The summed E-state index contributed by atoms with van der Waals surface area (Å²) < 4.78 is 18.6. The Hall–Kier alpha value is -4.11. The Balaban J connectivity index is 1.66. The Bertz CT molecular complexity index is 1350. The van der Waals surface area contributed by atoms with Crippen LogP contribution in [0.5, 0.6) is 5.75 Å². The van der Waals surface area contributed by atoms with Gasteiger partial charge in [-0.1, -0.05) is 31.7 Å². The Morgan fingerprint density at radius 1 is 0.973 bits per heavy atom. The molecule has 0 spiro atoms. The van der Waals surface area contributed by atoms with Gasteiger partial charge in [0.15, 0.2) is 0 Å². The van der Waals surface area contributed by atoms with Gasteiger partial charge in [0.2, 0.25) is 5.91 Å². The fraction of sp³-hybridized carbons (Fsp3) is 0.179. The topological polar surface area (TPSA) is 87.7 Å². The number of ether oxygens (including phenoxy) is 1. The van der Waals surface area contributed by atoms with Gasteiger partial charge in [0.05, 0.1) is 12.8 Å². The first-order valence-electron chi connectivity index (χ1n) is 11.6. The molecule has 190 valence electrons. The molecular weight excluding hydrogens is 493 g/mol. The Morgan fingerprint density at radius 3 is 2.32 bits per heavy atom. The molecule has 0 aromatic heterocycles. The number of nitrogens with zero attached hydrogens (tertiary/aromatic N) is 1. The van der Waals surface area contributed by atoms with Gasteiger partial charge >= 0.3 is 0 Å². The van der Waals surface area contributed by atoms with E-state index in [4.69, 9.17) is 4.74 Å². The first-order chi connectivity index (χ1) is 17.7. The number of rotatable bonds is 9. The van der Waals surface area contributed by atoms with Crippen molar-refractivity contribution < 1.29 is 23.5 Å². The van der Waals surface area contributed by atoms with Crippen LogP contribution in [0.15, 0.2) is 88.3 Å². The monoisotopic (exact) mass is 519 g/mol. The van der Waals surface area contributed by atoms with Gasteiger partial charge in [-0.25, -0.2) is 9.29 Å². The molecule has 0 aliphatic carbocycles. The van der Waals surface area contributed by atoms with Crippen LogP contribution in [0.25, 0.3) is 0 Å². The largest absolute Gasteiger partial charge is 0.497 e. The predicted octanol–water partition coefficient (Wildman–Crippen LogP) is 5.81. The second kappa shape index (κ2) is 11.3. The van der Waals surface area contributed by atoms with Gasteiger partial charge in [-0.2, -0.15) is 0 Å². The smallest absolute Gasteiger partial charge is 0.283 e. The Labute approximate surface area is 218 Å². The molecule has 0 atom stereocenters. The third-order valence-electron chi connectivity index (χ3n) is 5.42. The molecule has 1 aliphatic heterocycles. The van der Waals surface area contributed by atoms with Crippen molar-refractivity contribution in [2.45, 2.75) is 25.2 Å². The van der Waals surface area contributed by atoms with Crippen molar-refractivity contribution in [1.82, 2.24) is 0 Å². The molecule has 1 aliphatic rings. The number of carbonyl (C=O) groups excluding carboxylic acids is 3. The van der Waals surface area contributed by atoms with Crippen molar-refractivity contribution in [3.8, 4) is 5.75 Å². The number of carbonyl (C=O) groups is 3. The van der Waals surface area contributed by atoms with Gasteiger partial charge < -0.3 is 15.4 Å². The molecule has 9 heteroatoms. The number of benzene rings is 3. The lowest BCUT2D eigenvalue weighted by molar-refractivity contribution is -0.120. The summed E-state index contributed by atoms with van der Waals surface area (Å²) in [6.45, 7) is 3.93. The first kappa shape index (κ1) is 26.0. The summed E-state index contributed by atoms with van der Waals surface area (Å²) in [5.41, 5.74) is 1.51. The highest BCUT2D eigenvalue weighted by atomic mass is 32.2. The average molecular weight is 520 g/mol. The van der Waals surface area contributed by atoms with E-state index in [2.05, 4.69) is 10.6 Å². The van der Waals surface area contributed by atoms with Crippen LogP contribution in [0.4, 0.5) is 21.5 Å². The fourth-order valence-corrected chi connectivity index (χ4v) is 4.68. The summed E-state index contributed by atoms with van der Waals surface area (Å²) in [7, 11) is 1.53. The lowest BCUT2D eigenvalue weighted by atomic mass is 10.1. The minimum atomic E-state index is -0.539. The lowest BCUT2D eigenvalue weighted by Crippen LogP contribution is -2.32. The highest BCUT2D eigenvalue weighted by Gasteiger charge is 2.40. The number of methoxy groups -OCH3 is 1. The average Bonchev–Trinajstić information content (AvgIpc) is 3.09. The van der Waals surface area contributed by atoms with Gasteiger partial charge in [-0.15, -0.1) is 0 Å². The third-order valence-corrected chi connectivity index (χ3v) is 6.49. The molecule has 0 bridgehead atoms. The summed E-state index contributed by atoms with van der Waals surface area (Å²) in [5.74, 6) is -0.755. The summed E-state index contributed by atoms with van der Waals surface area (Å²) in [5, 5.41) is 5.86. The quantitative estimate of drug-likeness (QED) is 0.347. The van der Waals surface area contributed by atoms with Crippen molar-refractivity contribution in [3.63, 3.8) is 0 Å². The summed E-state index contributed by atoms with van der Waals surface area (Å²) in [6, 6.07) is 19.2. The van der Waals surface area contributed by atoms with E-state index in [-0.39, 0.29) is 22.4 Å². The van der Waals surface area contributed by atoms with Crippen LogP contribution in [-0.4, -0.2) is 24.8 Å². The molecule has 3 amide bonds. The van der Waals surface area contributed by atoms with Crippen molar-refractivity contribution in [2.24, 2.45) is 5.92 Å². The molecule has 3 aromatic rings. The molecule has 37 heavy (non-hydrogen) atoms. The van der Waals surface area contributed by atoms with Crippen LogP contribution < -0.4 is 20.3 Å². The number of hydrogen-bond acceptors (Lipinski definition) is 6. The van der Waals surface area contributed by atoms with E-state index < -0.39 is 17.6 Å². The number of imide groups is 1. The Morgan fingerprint density at radius 2 is 1.68 bits per heavy atom.